The Bertz CT molecular complexity index is 534. The Balaban J connectivity index is 2.01. The monoisotopic (exact) mass is 259 g/mol. The number of benzene rings is 1. The number of hydrogen-bond acceptors (Lipinski definition) is 3. The van der Waals surface area contributed by atoms with Crippen LogP contribution in [-0.2, 0) is 12.8 Å². The molecule has 0 bridgehead atoms. The molecule has 0 aliphatic heterocycles. The van der Waals surface area contributed by atoms with Crippen LogP contribution < -0.4 is 0 Å². The average Bonchev–Trinajstić information content (AvgIpc) is 2.76. The highest BCUT2D eigenvalue weighted by Crippen LogP contribution is 2.12. The van der Waals surface area contributed by atoms with Crippen molar-refractivity contribution in [3.05, 3.63) is 47.5 Å². The molecule has 0 amide bonds. The number of aryl methyl sites for hydroxylation is 1. The summed E-state index contributed by atoms with van der Waals surface area (Å²) < 4.78 is 1.86. The van der Waals surface area contributed by atoms with Gasteiger partial charge in [-0.05, 0) is 32.8 Å². The number of aromatic nitrogens is 3. The van der Waals surface area contributed by atoms with E-state index in [1.54, 1.807) is 6.33 Å². The van der Waals surface area contributed by atoms with Crippen molar-refractivity contribution in [2.45, 2.75) is 45.8 Å². The Kier molecular flexibility index (Phi) is 4.32. The number of rotatable bonds is 5. The minimum Gasteiger partial charge on any atom is -0.392 e. The van der Waals surface area contributed by atoms with Crippen molar-refractivity contribution >= 4 is 0 Å². The molecule has 0 aliphatic carbocycles. The lowest BCUT2D eigenvalue weighted by atomic mass is 10.0. The van der Waals surface area contributed by atoms with Crippen LogP contribution in [-0.4, -0.2) is 26.0 Å². The highest BCUT2D eigenvalue weighted by molar-refractivity contribution is 5.22. The van der Waals surface area contributed by atoms with Crippen molar-refractivity contribution in [1.29, 1.82) is 0 Å². The van der Waals surface area contributed by atoms with Crippen LogP contribution in [0.2, 0.25) is 0 Å². The van der Waals surface area contributed by atoms with Gasteiger partial charge in [0.25, 0.3) is 0 Å². The van der Waals surface area contributed by atoms with Gasteiger partial charge in [0, 0.05) is 12.5 Å². The molecule has 4 heteroatoms. The lowest BCUT2D eigenvalue weighted by Gasteiger charge is -2.13. The normalized spacial score (nSPS) is 12.9. The summed E-state index contributed by atoms with van der Waals surface area (Å²) in [5.41, 5.74) is 2.37. The van der Waals surface area contributed by atoms with Gasteiger partial charge in [0.15, 0.2) is 0 Å². The van der Waals surface area contributed by atoms with Gasteiger partial charge in [-0.3, -0.25) is 0 Å². The fraction of sp³-hybridized carbons (Fsp3) is 0.467. The van der Waals surface area contributed by atoms with Gasteiger partial charge in [0.05, 0.1) is 6.10 Å². The molecule has 0 aliphatic rings. The Morgan fingerprint density at radius 3 is 2.74 bits per heavy atom. The van der Waals surface area contributed by atoms with E-state index in [0.717, 1.165) is 11.4 Å². The largest absolute Gasteiger partial charge is 0.392 e. The molecule has 19 heavy (non-hydrogen) atoms. The maximum Gasteiger partial charge on any atom is 0.138 e. The van der Waals surface area contributed by atoms with Gasteiger partial charge in [-0.2, -0.15) is 5.10 Å². The molecule has 1 atom stereocenters. The molecule has 0 fully saturated rings. The van der Waals surface area contributed by atoms with Crippen molar-refractivity contribution in [1.82, 2.24) is 14.8 Å². The smallest absolute Gasteiger partial charge is 0.138 e. The van der Waals surface area contributed by atoms with Gasteiger partial charge in [-0.1, -0.05) is 29.8 Å². The Morgan fingerprint density at radius 2 is 2.05 bits per heavy atom. The summed E-state index contributed by atoms with van der Waals surface area (Å²) in [6.07, 6.45) is 2.30. The zero-order valence-electron chi connectivity index (χ0n) is 11.7. The fourth-order valence-corrected chi connectivity index (χ4v) is 2.25. The average molecular weight is 259 g/mol. The highest BCUT2D eigenvalue weighted by atomic mass is 16.3. The zero-order chi connectivity index (χ0) is 13.8. The summed E-state index contributed by atoms with van der Waals surface area (Å²) >= 11 is 0. The van der Waals surface area contributed by atoms with Crippen molar-refractivity contribution < 1.29 is 5.11 Å². The van der Waals surface area contributed by atoms with Crippen molar-refractivity contribution in [2.24, 2.45) is 0 Å². The van der Waals surface area contributed by atoms with Crippen LogP contribution in [0.1, 0.15) is 36.8 Å². The van der Waals surface area contributed by atoms with Crippen molar-refractivity contribution in [3.63, 3.8) is 0 Å². The second-order valence-corrected chi connectivity index (χ2v) is 5.27. The van der Waals surface area contributed by atoms with Crippen LogP contribution >= 0.6 is 0 Å². The first-order chi connectivity index (χ1) is 9.06. The van der Waals surface area contributed by atoms with E-state index in [9.17, 15) is 5.11 Å². The highest BCUT2D eigenvalue weighted by Gasteiger charge is 2.13. The number of nitrogens with zero attached hydrogens (tertiary/aromatic N) is 3. The van der Waals surface area contributed by atoms with Crippen LogP contribution in [0.4, 0.5) is 0 Å². The number of aliphatic hydroxyl groups is 1. The van der Waals surface area contributed by atoms with Crippen molar-refractivity contribution in [2.75, 3.05) is 0 Å². The molecule has 102 valence electrons. The van der Waals surface area contributed by atoms with E-state index in [-0.39, 0.29) is 6.04 Å². The second-order valence-electron chi connectivity index (χ2n) is 5.27. The SMILES string of the molecule is Cc1cccc(CC(O)Cc2ncnn2C(C)C)c1. The third kappa shape index (κ3) is 3.64. The first-order valence-electron chi connectivity index (χ1n) is 6.68. The van der Waals surface area contributed by atoms with E-state index in [2.05, 4.69) is 43.0 Å². The van der Waals surface area contributed by atoms with Crippen LogP contribution in [0.3, 0.4) is 0 Å². The first-order valence-corrected chi connectivity index (χ1v) is 6.68. The molecule has 1 heterocycles. The van der Waals surface area contributed by atoms with Crippen molar-refractivity contribution in [3.8, 4) is 0 Å². The predicted molar refractivity (Wildman–Crippen MR) is 75.0 cm³/mol. The van der Waals surface area contributed by atoms with E-state index in [0.29, 0.717) is 12.8 Å². The van der Waals surface area contributed by atoms with E-state index in [4.69, 9.17) is 0 Å². The molecular weight excluding hydrogens is 238 g/mol. The third-order valence-corrected chi connectivity index (χ3v) is 3.11. The molecular formula is C15H21N3O. The summed E-state index contributed by atoms with van der Waals surface area (Å²) in [5.74, 6) is 0.843. The van der Waals surface area contributed by atoms with Gasteiger partial charge in [-0.15, -0.1) is 0 Å². The zero-order valence-corrected chi connectivity index (χ0v) is 11.7. The quantitative estimate of drug-likeness (QED) is 0.896. The molecule has 1 aromatic heterocycles. The maximum absolute atomic E-state index is 10.2. The van der Waals surface area contributed by atoms with E-state index in [1.165, 1.54) is 5.56 Å². The molecule has 2 rings (SSSR count). The minimum absolute atomic E-state index is 0.267. The van der Waals surface area contributed by atoms with Crippen LogP contribution in [0.5, 0.6) is 0 Å². The molecule has 0 saturated heterocycles. The van der Waals surface area contributed by atoms with Crippen LogP contribution in [0.25, 0.3) is 0 Å². The molecule has 0 saturated carbocycles. The fourth-order valence-electron chi connectivity index (χ4n) is 2.25. The number of hydrogen-bond donors (Lipinski definition) is 1. The molecule has 1 N–H and O–H groups in total. The van der Waals surface area contributed by atoms with Gasteiger partial charge < -0.3 is 5.11 Å². The topological polar surface area (TPSA) is 50.9 Å². The first kappa shape index (κ1) is 13.7. The van der Waals surface area contributed by atoms with Gasteiger partial charge in [-0.25, -0.2) is 9.67 Å². The molecule has 2 aromatic rings. The van der Waals surface area contributed by atoms with Gasteiger partial charge >= 0.3 is 0 Å². The van der Waals surface area contributed by atoms with Gasteiger partial charge in [0.2, 0.25) is 0 Å². The molecule has 0 spiro atoms. The Hall–Kier alpha value is -1.68. The van der Waals surface area contributed by atoms with E-state index < -0.39 is 6.10 Å². The second kappa shape index (κ2) is 5.97. The van der Waals surface area contributed by atoms with Crippen LogP contribution in [0, 0.1) is 6.92 Å². The Labute approximate surface area is 114 Å². The lowest BCUT2D eigenvalue weighted by Crippen LogP contribution is -2.18. The summed E-state index contributed by atoms with van der Waals surface area (Å²) in [7, 11) is 0. The lowest BCUT2D eigenvalue weighted by molar-refractivity contribution is 0.170. The number of aliphatic hydroxyl groups excluding tert-OH is 1. The summed E-state index contributed by atoms with van der Waals surface area (Å²) in [4.78, 5) is 4.23. The summed E-state index contributed by atoms with van der Waals surface area (Å²) in [5, 5.41) is 14.4. The Morgan fingerprint density at radius 1 is 1.26 bits per heavy atom. The van der Waals surface area contributed by atoms with E-state index >= 15 is 0 Å². The van der Waals surface area contributed by atoms with Gasteiger partial charge in [0.1, 0.15) is 12.2 Å². The van der Waals surface area contributed by atoms with E-state index in [1.807, 2.05) is 16.8 Å². The summed E-state index contributed by atoms with van der Waals surface area (Å²) in [6, 6.07) is 8.50. The minimum atomic E-state index is -0.427. The third-order valence-electron chi connectivity index (χ3n) is 3.11. The maximum atomic E-state index is 10.2. The standard InChI is InChI=1S/C15H21N3O/c1-11(2)18-15(16-10-17-18)9-14(19)8-13-6-4-5-12(3)7-13/h4-7,10-11,14,19H,8-9H2,1-3H3. The molecule has 1 unspecified atom stereocenters. The molecule has 1 aromatic carbocycles. The molecule has 0 radical (unpaired) electrons. The predicted octanol–water partition coefficient (Wildman–Crippen LogP) is 2.31. The van der Waals surface area contributed by atoms with Crippen LogP contribution in [0.15, 0.2) is 30.6 Å². The molecule has 4 nitrogen and oxygen atoms in total. The summed E-state index contributed by atoms with van der Waals surface area (Å²) in [6.45, 7) is 6.18.